The van der Waals surface area contributed by atoms with Gasteiger partial charge in [-0.05, 0) is 26.7 Å². The van der Waals surface area contributed by atoms with Crippen LogP contribution in [-0.2, 0) is 11.5 Å². The predicted molar refractivity (Wildman–Crippen MR) is 61.6 cm³/mol. The van der Waals surface area contributed by atoms with Crippen molar-refractivity contribution < 1.29 is 4.74 Å². The van der Waals surface area contributed by atoms with Gasteiger partial charge in [-0.2, -0.15) is 5.10 Å². The topological polar surface area (TPSA) is 53.1 Å². The van der Waals surface area contributed by atoms with Crippen LogP contribution in [-0.4, -0.2) is 15.9 Å². The Balaban J connectivity index is 2.61. The van der Waals surface area contributed by atoms with E-state index in [1.54, 1.807) is 0 Å². The molecule has 2 N–H and O–H groups in total. The summed E-state index contributed by atoms with van der Waals surface area (Å²) in [5.74, 6) is 0. The van der Waals surface area contributed by atoms with Gasteiger partial charge in [0.05, 0.1) is 23.2 Å². The summed E-state index contributed by atoms with van der Waals surface area (Å²) in [5.41, 5.74) is 8.46. The van der Waals surface area contributed by atoms with Crippen molar-refractivity contribution in [2.24, 2.45) is 0 Å². The van der Waals surface area contributed by atoms with Crippen LogP contribution >= 0.6 is 0 Å². The normalized spacial score (nSPS) is 11.3. The van der Waals surface area contributed by atoms with E-state index in [0.717, 1.165) is 29.9 Å². The summed E-state index contributed by atoms with van der Waals surface area (Å²) in [4.78, 5) is 0. The maximum atomic E-state index is 5.84. The molecule has 0 aromatic carbocycles. The number of nitrogens with two attached hydrogens (primary N) is 1. The van der Waals surface area contributed by atoms with Gasteiger partial charge < -0.3 is 10.5 Å². The second-order valence-electron chi connectivity index (χ2n) is 3.82. The molecule has 4 nitrogen and oxygen atoms in total. The highest BCUT2D eigenvalue weighted by molar-refractivity contribution is 5.46. The van der Waals surface area contributed by atoms with E-state index < -0.39 is 0 Å². The summed E-state index contributed by atoms with van der Waals surface area (Å²) >= 11 is 0. The Labute approximate surface area is 91.4 Å². The molecule has 0 unspecified atom stereocenters. The van der Waals surface area contributed by atoms with Gasteiger partial charge in [0.25, 0.3) is 0 Å². The number of anilines is 1. The fraction of sp³-hybridized carbons (Fsp3) is 0.727. The molecule has 1 aromatic rings. The van der Waals surface area contributed by atoms with Gasteiger partial charge in [-0.15, -0.1) is 0 Å². The monoisotopic (exact) mass is 211 g/mol. The van der Waals surface area contributed by atoms with E-state index >= 15 is 0 Å². The maximum absolute atomic E-state index is 5.84. The van der Waals surface area contributed by atoms with Gasteiger partial charge in [0, 0.05) is 0 Å². The van der Waals surface area contributed by atoms with Crippen LogP contribution in [0.1, 0.15) is 38.1 Å². The van der Waals surface area contributed by atoms with Crippen molar-refractivity contribution in [2.45, 2.75) is 53.4 Å². The highest BCUT2D eigenvalue weighted by Crippen LogP contribution is 2.15. The molecule has 15 heavy (non-hydrogen) atoms. The van der Waals surface area contributed by atoms with Crippen molar-refractivity contribution in [1.82, 2.24) is 9.78 Å². The lowest BCUT2D eigenvalue weighted by atomic mass is 10.2. The van der Waals surface area contributed by atoms with Crippen LogP contribution in [0.4, 0.5) is 5.69 Å². The molecule has 4 heteroatoms. The Kier molecular flexibility index (Phi) is 4.15. The van der Waals surface area contributed by atoms with Crippen LogP contribution in [0.25, 0.3) is 0 Å². The van der Waals surface area contributed by atoms with Gasteiger partial charge in [-0.25, -0.2) is 4.68 Å². The molecule has 0 saturated heterocycles. The molecule has 0 atom stereocenters. The molecule has 0 fully saturated rings. The largest absolute Gasteiger partial charge is 0.396 e. The SMILES string of the molecule is CCC(CC)OCn1nc(C)c(N)c1C. The quantitative estimate of drug-likeness (QED) is 0.812. The second kappa shape index (κ2) is 5.16. The highest BCUT2D eigenvalue weighted by atomic mass is 16.5. The third-order valence-corrected chi connectivity index (χ3v) is 2.78. The summed E-state index contributed by atoms with van der Waals surface area (Å²) in [6.45, 7) is 8.63. The molecule has 86 valence electrons. The zero-order valence-corrected chi connectivity index (χ0v) is 10.1. The minimum Gasteiger partial charge on any atom is -0.396 e. The minimum atomic E-state index is 0.315. The van der Waals surface area contributed by atoms with E-state index in [1.165, 1.54) is 0 Å². The molecule has 1 aromatic heterocycles. The molecule has 0 aliphatic carbocycles. The summed E-state index contributed by atoms with van der Waals surface area (Å²) < 4.78 is 7.54. The number of rotatable bonds is 5. The van der Waals surface area contributed by atoms with Gasteiger partial charge >= 0.3 is 0 Å². The van der Waals surface area contributed by atoms with Crippen molar-refractivity contribution in [3.05, 3.63) is 11.4 Å². The van der Waals surface area contributed by atoms with Gasteiger partial charge in [-0.3, -0.25) is 0 Å². The van der Waals surface area contributed by atoms with E-state index in [9.17, 15) is 0 Å². The molecular weight excluding hydrogens is 190 g/mol. The Morgan fingerprint density at radius 3 is 2.33 bits per heavy atom. The molecule has 0 spiro atoms. The lowest BCUT2D eigenvalue weighted by molar-refractivity contribution is -0.00359. The Bertz CT molecular complexity index is 316. The highest BCUT2D eigenvalue weighted by Gasteiger charge is 2.09. The number of ether oxygens (including phenoxy) is 1. The molecule has 0 aliphatic heterocycles. The predicted octanol–water partition coefficient (Wildman–Crippen LogP) is 2.24. The fourth-order valence-electron chi connectivity index (χ4n) is 1.54. The van der Waals surface area contributed by atoms with Crippen molar-refractivity contribution in [2.75, 3.05) is 5.73 Å². The molecule has 1 rings (SSSR count). The van der Waals surface area contributed by atoms with Crippen LogP contribution < -0.4 is 5.73 Å². The van der Waals surface area contributed by atoms with Crippen molar-refractivity contribution in [3.63, 3.8) is 0 Å². The first-order chi connectivity index (χ1) is 7.10. The summed E-state index contributed by atoms with van der Waals surface area (Å²) in [5, 5.41) is 4.32. The van der Waals surface area contributed by atoms with E-state index in [-0.39, 0.29) is 0 Å². The van der Waals surface area contributed by atoms with Crippen LogP contribution in [0, 0.1) is 13.8 Å². The minimum absolute atomic E-state index is 0.315. The van der Waals surface area contributed by atoms with Crippen LogP contribution in [0.3, 0.4) is 0 Å². The molecule has 1 heterocycles. The van der Waals surface area contributed by atoms with Gasteiger partial charge in [0.2, 0.25) is 0 Å². The maximum Gasteiger partial charge on any atom is 0.140 e. The van der Waals surface area contributed by atoms with Crippen LogP contribution in [0.5, 0.6) is 0 Å². The molecule has 0 saturated carbocycles. The summed E-state index contributed by atoms with van der Waals surface area (Å²) in [6.07, 6.45) is 2.38. The smallest absolute Gasteiger partial charge is 0.140 e. The van der Waals surface area contributed by atoms with Gasteiger partial charge in [-0.1, -0.05) is 13.8 Å². The third kappa shape index (κ3) is 2.72. The fourth-order valence-corrected chi connectivity index (χ4v) is 1.54. The van der Waals surface area contributed by atoms with E-state index in [0.29, 0.717) is 12.8 Å². The van der Waals surface area contributed by atoms with Crippen molar-refractivity contribution in [3.8, 4) is 0 Å². The molecule has 0 bridgehead atoms. The number of hydrogen-bond donors (Lipinski definition) is 1. The first-order valence-electron chi connectivity index (χ1n) is 5.51. The standard InChI is InChI=1S/C11H21N3O/c1-5-10(6-2)15-7-14-9(4)11(12)8(3)13-14/h10H,5-7,12H2,1-4H3. The Hall–Kier alpha value is -1.03. The van der Waals surface area contributed by atoms with E-state index in [4.69, 9.17) is 10.5 Å². The number of aromatic nitrogens is 2. The van der Waals surface area contributed by atoms with Crippen LogP contribution in [0.2, 0.25) is 0 Å². The average molecular weight is 211 g/mol. The van der Waals surface area contributed by atoms with Crippen molar-refractivity contribution >= 4 is 5.69 Å². The number of hydrogen-bond acceptors (Lipinski definition) is 3. The Morgan fingerprint density at radius 1 is 1.33 bits per heavy atom. The van der Waals surface area contributed by atoms with Gasteiger partial charge in [0.1, 0.15) is 6.73 Å². The van der Waals surface area contributed by atoms with Crippen molar-refractivity contribution in [1.29, 1.82) is 0 Å². The molecule has 0 aliphatic rings. The van der Waals surface area contributed by atoms with E-state index in [1.807, 2.05) is 18.5 Å². The Morgan fingerprint density at radius 2 is 1.93 bits per heavy atom. The van der Waals surface area contributed by atoms with Crippen LogP contribution in [0.15, 0.2) is 0 Å². The zero-order chi connectivity index (χ0) is 11.4. The molecular formula is C11H21N3O. The van der Waals surface area contributed by atoms with E-state index in [2.05, 4.69) is 18.9 Å². The first-order valence-corrected chi connectivity index (χ1v) is 5.51. The third-order valence-electron chi connectivity index (χ3n) is 2.78. The zero-order valence-electron chi connectivity index (χ0n) is 10.1. The second-order valence-corrected chi connectivity index (χ2v) is 3.82. The first kappa shape index (κ1) is 12.0. The van der Waals surface area contributed by atoms with Gasteiger partial charge in [0.15, 0.2) is 0 Å². The lowest BCUT2D eigenvalue weighted by Gasteiger charge is -2.14. The number of nitrogens with zero attached hydrogens (tertiary/aromatic N) is 2. The summed E-state index contributed by atoms with van der Waals surface area (Å²) in [7, 11) is 0. The summed E-state index contributed by atoms with van der Waals surface area (Å²) in [6, 6.07) is 0. The number of nitrogen functional groups attached to an aromatic ring is 1. The average Bonchev–Trinajstić information content (AvgIpc) is 2.48. The molecule has 0 amide bonds. The lowest BCUT2D eigenvalue weighted by Crippen LogP contribution is -2.15. The molecule has 0 radical (unpaired) electrons. The number of aryl methyl sites for hydroxylation is 1.